The van der Waals surface area contributed by atoms with Crippen molar-refractivity contribution in [3.63, 3.8) is 0 Å². The first-order chi connectivity index (χ1) is 15.9. The fourth-order valence-electron chi connectivity index (χ4n) is 4.02. The van der Waals surface area contributed by atoms with Crippen LogP contribution in [0.5, 0.6) is 0 Å². The Bertz CT molecular complexity index is 1090. The number of hydrogen-bond acceptors (Lipinski definition) is 6. The lowest BCUT2D eigenvalue weighted by atomic mass is 10.0. The van der Waals surface area contributed by atoms with Crippen LogP contribution in [0.25, 0.3) is 0 Å². The van der Waals surface area contributed by atoms with E-state index in [1.54, 1.807) is 24.3 Å². The number of esters is 1. The van der Waals surface area contributed by atoms with Crippen LogP contribution in [0.3, 0.4) is 0 Å². The monoisotopic (exact) mass is 447 g/mol. The average molecular weight is 447 g/mol. The third kappa shape index (κ3) is 4.55. The molecule has 0 spiro atoms. The van der Waals surface area contributed by atoms with Gasteiger partial charge in [0.25, 0.3) is 17.7 Å². The third-order valence-electron chi connectivity index (χ3n) is 5.64. The molecule has 0 saturated carbocycles. The topological polar surface area (TPSA) is 96.3 Å². The summed E-state index contributed by atoms with van der Waals surface area (Å²) in [5.74, 6) is -2.28. The second kappa shape index (κ2) is 9.36. The lowest BCUT2D eigenvalue weighted by Gasteiger charge is -2.26. The Morgan fingerprint density at radius 1 is 0.970 bits per heavy atom. The summed E-state index contributed by atoms with van der Waals surface area (Å²) in [6, 6.07) is 14.9. The molecule has 3 amide bonds. The quantitative estimate of drug-likeness (QED) is 0.480. The van der Waals surface area contributed by atoms with Gasteiger partial charge in [0.1, 0.15) is 6.04 Å². The first-order valence-corrected chi connectivity index (χ1v) is 10.9. The highest BCUT2D eigenvalue weighted by atomic mass is 16.5. The van der Waals surface area contributed by atoms with Gasteiger partial charge >= 0.3 is 5.97 Å². The van der Waals surface area contributed by atoms with Crippen LogP contribution in [0.4, 0.5) is 0 Å². The van der Waals surface area contributed by atoms with Gasteiger partial charge in [0, 0.05) is 6.42 Å². The molecule has 0 saturated heterocycles. The lowest BCUT2D eigenvalue weighted by molar-refractivity contribution is -0.155. The molecule has 0 radical (unpaired) electrons. The van der Waals surface area contributed by atoms with Crippen molar-refractivity contribution >= 4 is 29.4 Å². The largest absolute Gasteiger partial charge is 0.454 e. The number of carbonyl (C=O) groups is 4. The number of benzene rings is 2. The van der Waals surface area contributed by atoms with E-state index < -0.39 is 36.3 Å². The fraction of sp³-hybridized carbons (Fsp3) is 0.320. The molecule has 2 aromatic carbocycles. The molecule has 0 aromatic heterocycles. The van der Waals surface area contributed by atoms with E-state index in [9.17, 15) is 19.2 Å². The predicted molar refractivity (Wildman–Crippen MR) is 120 cm³/mol. The van der Waals surface area contributed by atoms with E-state index in [0.29, 0.717) is 13.0 Å². The second-order valence-electron chi connectivity index (χ2n) is 8.46. The Hall–Kier alpha value is -3.81. The summed E-state index contributed by atoms with van der Waals surface area (Å²) in [6.07, 6.45) is 0.841. The van der Waals surface area contributed by atoms with Crippen molar-refractivity contribution in [2.24, 2.45) is 11.0 Å². The minimum atomic E-state index is -1.10. The van der Waals surface area contributed by atoms with Crippen LogP contribution in [0, 0.1) is 5.92 Å². The molecule has 33 heavy (non-hydrogen) atoms. The van der Waals surface area contributed by atoms with Gasteiger partial charge in [-0.2, -0.15) is 5.10 Å². The Labute approximate surface area is 191 Å². The van der Waals surface area contributed by atoms with Crippen molar-refractivity contribution in [2.75, 3.05) is 13.2 Å². The van der Waals surface area contributed by atoms with Gasteiger partial charge in [-0.25, -0.2) is 9.80 Å². The molecular weight excluding hydrogens is 422 g/mol. The minimum Gasteiger partial charge on any atom is -0.454 e. The van der Waals surface area contributed by atoms with E-state index in [1.807, 2.05) is 44.2 Å². The van der Waals surface area contributed by atoms with Crippen molar-refractivity contribution < 1.29 is 23.9 Å². The van der Waals surface area contributed by atoms with Crippen LogP contribution in [-0.4, -0.2) is 58.5 Å². The number of imide groups is 1. The fourth-order valence-corrected chi connectivity index (χ4v) is 4.02. The molecule has 0 fully saturated rings. The Morgan fingerprint density at radius 3 is 2.18 bits per heavy atom. The van der Waals surface area contributed by atoms with Gasteiger partial charge in [0.2, 0.25) is 0 Å². The smallest absolute Gasteiger partial charge is 0.329 e. The zero-order chi connectivity index (χ0) is 23.5. The second-order valence-corrected chi connectivity index (χ2v) is 8.46. The van der Waals surface area contributed by atoms with Crippen molar-refractivity contribution in [2.45, 2.75) is 32.7 Å². The molecule has 2 aliphatic heterocycles. The van der Waals surface area contributed by atoms with Crippen LogP contribution in [-0.2, 0) is 14.3 Å². The zero-order valence-electron chi connectivity index (χ0n) is 18.6. The molecule has 2 aromatic rings. The maximum atomic E-state index is 12.9. The zero-order valence-corrected chi connectivity index (χ0v) is 18.6. The van der Waals surface area contributed by atoms with Crippen LogP contribution in [0.1, 0.15) is 53.0 Å². The molecule has 0 bridgehead atoms. The van der Waals surface area contributed by atoms with Gasteiger partial charge < -0.3 is 4.74 Å². The summed E-state index contributed by atoms with van der Waals surface area (Å²) in [6.45, 7) is 3.65. The SMILES string of the molecule is CC(C)CC(C(=O)OCC(=O)N1CCC(c2ccccc2)=N1)N1C(=O)c2ccccc2C1=O. The summed E-state index contributed by atoms with van der Waals surface area (Å²) >= 11 is 0. The highest BCUT2D eigenvalue weighted by Crippen LogP contribution is 2.27. The maximum absolute atomic E-state index is 12.9. The molecule has 0 N–H and O–H groups in total. The van der Waals surface area contributed by atoms with Crippen molar-refractivity contribution in [1.29, 1.82) is 0 Å². The van der Waals surface area contributed by atoms with Crippen molar-refractivity contribution in [3.05, 3.63) is 71.3 Å². The molecule has 2 aliphatic rings. The summed E-state index contributed by atoms with van der Waals surface area (Å²) in [5, 5.41) is 5.64. The molecule has 170 valence electrons. The van der Waals surface area contributed by atoms with Gasteiger partial charge in [0.15, 0.2) is 6.61 Å². The van der Waals surface area contributed by atoms with Crippen LogP contribution in [0.15, 0.2) is 59.7 Å². The lowest BCUT2D eigenvalue weighted by Crippen LogP contribution is -2.47. The summed E-state index contributed by atoms with van der Waals surface area (Å²) < 4.78 is 5.28. The van der Waals surface area contributed by atoms with Gasteiger partial charge in [-0.05, 0) is 30.0 Å². The molecule has 8 nitrogen and oxygen atoms in total. The number of hydrogen-bond donors (Lipinski definition) is 0. The van der Waals surface area contributed by atoms with Crippen LogP contribution >= 0.6 is 0 Å². The van der Waals surface area contributed by atoms with Gasteiger partial charge in [-0.3, -0.25) is 19.3 Å². The minimum absolute atomic E-state index is 0.0131. The molecule has 8 heteroatoms. The standard InChI is InChI=1S/C25H25N3O5/c1-16(2)14-21(28-23(30)18-10-6-7-11-19(18)24(28)31)25(32)33-15-22(29)27-13-12-20(26-27)17-8-4-3-5-9-17/h3-11,16,21H,12-15H2,1-2H3. The van der Waals surface area contributed by atoms with Gasteiger partial charge in [0.05, 0.1) is 23.4 Å². The van der Waals surface area contributed by atoms with Gasteiger partial charge in [-0.1, -0.05) is 56.3 Å². The average Bonchev–Trinajstić information content (AvgIpc) is 3.41. The number of rotatable bonds is 7. The number of amides is 3. The first kappa shape index (κ1) is 22.4. The van der Waals surface area contributed by atoms with Crippen LogP contribution in [0.2, 0.25) is 0 Å². The highest BCUT2D eigenvalue weighted by Gasteiger charge is 2.43. The van der Waals surface area contributed by atoms with Crippen LogP contribution < -0.4 is 0 Å². The third-order valence-corrected chi connectivity index (χ3v) is 5.64. The van der Waals surface area contributed by atoms with E-state index in [0.717, 1.165) is 16.2 Å². The normalized spacial score (nSPS) is 16.2. The number of nitrogens with zero attached hydrogens (tertiary/aromatic N) is 3. The molecule has 2 heterocycles. The van der Waals surface area contributed by atoms with Gasteiger partial charge in [-0.15, -0.1) is 0 Å². The predicted octanol–water partition coefficient (Wildman–Crippen LogP) is 2.88. The van der Waals surface area contributed by atoms with E-state index in [-0.39, 0.29) is 23.5 Å². The molecule has 4 rings (SSSR count). The molecule has 0 aliphatic carbocycles. The number of carbonyl (C=O) groups excluding carboxylic acids is 4. The first-order valence-electron chi connectivity index (χ1n) is 10.9. The van der Waals surface area contributed by atoms with E-state index in [2.05, 4.69) is 5.10 Å². The van der Waals surface area contributed by atoms with E-state index >= 15 is 0 Å². The molecular formula is C25H25N3O5. The Morgan fingerprint density at radius 2 is 1.58 bits per heavy atom. The molecule has 1 atom stereocenters. The van der Waals surface area contributed by atoms with E-state index in [4.69, 9.17) is 4.74 Å². The number of fused-ring (bicyclic) bond motifs is 1. The highest BCUT2D eigenvalue weighted by molar-refractivity contribution is 6.22. The molecule has 1 unspecified atom stereocenters. The van der Waals surface area contributed by atoms with Crippen molar-refractivity contribution in [1.82, 2.24) is 9.91 Å². The summed E-state index contributed by atoms with van der Waals surface area (Å²) in [7, 11) is 0. The number of hydrazone groups is 1. The van der Waals surface area contributed by atoms with E-state index in [1.165, 1.54) is 5.01 Å². The maximum Gasteiger partial charge on any atom is 0.329 e. The van der Waals surface area contributed by atoms with Crippen molar-refractivity contribution in [3.8, 4) is 0 Å². The summed E-state index contributed by atoms with van der Waals surface area (Å²) in [4.78, 5) is 52.2. The summed E-state index contributed by atoms with van der Waals surface area (Å²) in [5.41, 5.74) is 2.26. The Balaban J connectivity index is 1.43. The Kier molecular flexibility index (Phi) is 6.35. The number of ether oxygens (including phenoxy) is 1.